The Bertz CT molecular complexity index is 794. The maximum absolute atomic E-state index is 12.5. The first kappa shape index (κ1) is 16.2. The van der Waals surface area contributed by atoms with Gasteiger partial charge in [-0.3, -0.25) is 9.59 Å². The summed E-state index contributed by atoms with van der Waals surface area (Å²) in [6, 6.07) is 8.53. The summed E-state index contributed by atoms with van der Waals surface area (Å²) in [6.07, 6.45) is 1.54. The lowest BCUT2D eigenvalue weighted by Gasteiger charge is -2.31. The Balaban J connectivity index is 1.59. The van der Waals surface area contributed by atoms with E-state index in [0.717, 1.165) is 18.5 Å². The van der Waals surface area contributed by atoms with Crippen LogP contribution in [0, 0.1) is 6.92 Å². The van der Waals surface area contributed by atoms with Gasteiger partial charge < -0.3 is 9.64 Å². The summed E-state index contributed by atoms with van der Waals surface area (Å²) < 4.78 is 7.07. The lowest BCUT2D eigenvalue weighted by molar-refractivity contribution is 0.0580. The van der Waals surface area contributed by atoms with Crippen LogP contribution in [0.25, 0.3) is 0 Å². The molecule has 0 saturated carbocycles. The Morgan fingerprint density at radius 3 is 2.62 bits per heavy atom. The van der Waals surface area contributed by atoms with Gasteiger partial charge in [-0.1, -0.05) is 6.07 Å². The summed E-state index contributed by atoms with van der Waals surface area (Å²) in [5, 5.41) is 4.02. The zero-order valence-corrected chi connectivity index (χ0v) is 13.8. The Hall–Kier alpha value is -2.70. The molecule has 1 aliphatic heterocycles. The van der Waals surface area contributed by atoms with Crippen LogP contribution >= 0.6 is 0 Å². The minimum Gasteiger partial charge on any atom is -0.474 e. The normalized spacial score (nSPS) is 15.3. The maximum atomic E-state index is 12.5. The monoisotopic (exact) mass is 328 g/mol. The van der Waals surface area contributed by atoms with Crippen molar-refractivity contribution in [3.05, 3.63) is 52.1 Å². The number of hydrogen-bond donors (Lipinski definition) is 0. The van der Waals surface area contributed by atoms with Crippen LogP contribution in [0.15, 0.2) is 35.1 Å². The van der Waals surface area contributed by atoms with Crippen molar-refractivity contribution in [1.82, 2.24) is 19.7 Å². The fourth-order valence-electron chi connectivity index (χ4n) is 2.71. The van der Waals surface area contributed by atoms with Gasteiger partial charge in [-0.15, -0.1) is 0 Å². The highest BCUT2D eigenvalue weighted by atomic mass is 16.5. The molecule has 0 radical (unpaired) electrons. The third kappa shape index (κ3) is 3.61. The zero-order chi connectivity index (χ0) is 17.1. The molecule has 7 heteroatoms. The molecule has 126 valence electrons. The molecule has 3 rings (SSSR count). The summed E-state index contributed by atoms with van der Waals surface area (Å²) in [5.41, 5.74) is 0.974. The topological polar surface area (TPSA) is 77.3 Å². The molecule has 2 aromatic heterocycles. The molecule has 3 heterocycles. The van der Waals surface area contributed by atoms with E-state index in [9.17, 15) is 9.59 Å². The average Bonchev–Trinajstić information content (AvgIpc) is 2.57. The average molecular weight is 328 g/mol. The molecular formula is C17H20N4O3. The number of ether oxygens (including phenoxy) is 1. The lowest BCUT2D eigenvalue weighted by atomic mass is 10.1. The van der Waals surface area contributed by atoms with Gasteiger partial charge in [-0.25, -0.2) is 9.67 Å². The number of nitrogens with zero attached hydrogens (tertiary/aromatic N) is 4. The molecule has 0 atom stereocenters. The van der Waals surface area contributed by atoms with Crippen LogP contribution in [0.3, 0.4) is 0 Å². The molecule has 0 spiro atoms. The number of hydrogen-bond acceptors (Lipinski definition) is 5. The number of carbonyl (C=O) groups excluding carboxylic acids is 1. The molecule has 1 fully saturated rings. The van der Waals surface area contributed by atoms with Gasteiger partial charge in [-0.2, -0.15) is 5.10 Å². The third-order valence-electron chi connectivity index (χ3n) is 4.06. The summed E-state index contributed by atoms with van der Waals surface area (Å²) in [6.45, 7) is 3.12. The number of pyridine rings is 1. The summed E-state index contributed by atoms with van der Waals surface area (Å²) >= 11 is 0. The largest absolute Gasteiger partial charge is 0.474 e. The smallest absolute Gasteiger partial charge is 0.274 e. The molecule has 0 aliphatic carbocycles. The van der Waals surface area contributed by atoms with E-state index in [-0.39, 0.29) is 23.3 Å². The van der Waals surface area contributed by atoms with Crippen molar-refractivity contribution in [3.63, 3.8) is 0 Å². The SMILES string of the molecule is Cc1cccc(OC2CCN(C(=O)c3ccc(=O)n(C)n3)CC2)n1. The van der Waals surface area contributed by atoms with E-state index in [1.54, 1.807) is 4.90 Å². The van der Waals surface area contributed by atoms with Gasteiger partial charge in [0.05, 0.1) is 0 Å². The Morgan fingerprint density at radius 2 is 1.96 bits per heavy atom. The standard InChI is InChI=1S/C17H20N4O3/c1-12-4-3-5-15(18-12)24-13-8-10-21(11-9-13)17(23)14-6-7-16(22)20(2)19-14/h3-7,13H,8-11H2,1-2H3. The van der Waals surface area contributed by atoms with E-state index < -0.39 is 0 Å². The van der Waals surface area contributed by atoms with E-state index in [2.05, 4.69) is 10.1 Å². The van der Waals surface area contributed by atoms with Gasteiger partial charge in [0.1, 0.15) is 11.8 Å². The van der Waals surface area contributed by atoms with Crippen molar-refractivity contribution in [2.24, 2.45) is 7.05 Å². The van der Waals surface area contributed by atoms with Crippen molar-refractivity contribution >= 4 is 5.91 Å². The number of aryl methyl sites for hydroxylation is 2. The van der Waals surface area contributed by atoms with E-state index in [0.29, 0.717) is 19.0 Å². The second-order valence-corrected chi connectivity index (χ2v) is 5.91. The molecule has 0 N–H and O–H groups in total. The van der Waals surface area contributed by atoms with Crippen LogP contribution < -0.4 is 10.3 Å². The van der Waals surface area contributed by atoms with Crippen LogP contribution in [0.1, 0.15) is 29.0 Å². The van der Waals surface area contributed by atoms with E-state index in [1.807, 2.05) is 25.1 Å². The lowest BCUT2D eigenvalue weighted by Crippen LogP contribution is -2.42. The Morgan fingerprint density at radius 1 is 1.21 bits per heavy atom. The van der Waals surface area contributed by atoms with Gasteiger partial charge in [0, 0.05) is 50.8 Å². The van der Waals surface area contributed by atoms with Gasteiger partial charge in [0.2, 0.25) is 5.88 Å². The molecule has 1 amide bonds. The number of rotatable bonds is 3. The molecule has 24 heavy (non-hydrogen) atoms. The summed E-state index contributed by atoms with van der Waals surface area (Å²) in [4.78, 5) is 29.9. The molecule has 0 bridgehead atoms. The molecule has 1 aliphatic rings. The molecule has 1 saturated heterocycles. The van der Waals surface area contributed by atoms with Gasteiger partial charge in [0.25, 0.3) is 11.5 Å². The summed E-state index contributed by atoms with van der Waals surface area (Å²) in [5.74, 6) is 0.470. The molecular weight excluding hydrogens is 308 g/mol. The molecule has 2 aromatic rings. The third-order valence-corrected chi connectivity index (χ3v) is 4.06. The molecule has 0 aromatic carbocycles. The number of piperidine rings is 1. The number of aromatic nitrogens is 3. The van der Waals surface area contributed by atoms with Gasteiger partial charge >= 0.3 is 0 Å². The molecule has 7 nitrogen and oxygen atoms in total. The number of carbonyl (C=O) groups is 1. The number of likely N-dealkylation sites (tertiary alicyclic amines) is 1. The second-order valence-electron chi connectivity index (χ2n) is 5.91. The minimum absolute atomic E-state index is 0.0523. The predicted molar refractivity (Wildman–Crippen MR) is 88.0 cm³/mol. The van der Waals surface area contributed by atoms with Crippen LogP contribution in [0.5, 0.6) is 5.88 Å². The highest BCUT2D eigenvalue weighted by molar-refractivity contribution is 5.92. The first-order chi connectivity index (χ1) is 11.5. The number of amides is 1. The van der Waals surface area contributed by atoms with Gasteiger partial charge in [-0.05, 0) is 19.1 Å². The fraction of sp³-hybridized carbons (Fsp3) is 0.412. The van der Waals surface area contributed by atoms with Crippen molar-refractivity contribution in [2.45, 2.75) is 25.9 Å². The van der Waals surface area contributed by atoms with Crippen LogP contribution in [0.2, 0.25) is 0 Å². The highest BCUT2D eigenvalue weighted by Crippen LogP contribution is 2.18. The van der Waals surface area contributed by atoms with E-state index in [1.165, 1.54) is 23.9 Å². The first-order valence-electron chi connectivity index (χ1n) is 7.97. The van der Waals surface area contributed by atoms with E-state index in [4.69, 9.17) is 4.74 Å². The summed E-state index contributed by atoms with van der Waals surface area (Å²) in [7, 11) is 1.54. The predicted octanol–water partition coefficient (Wildman–Crippen LogP) is 1.17. The van der Waals surface area contributed by atoms with Crippen molar-refractivity contribution in [1.29, 1.82) is 0 Å². The maximum Gasteiger partial charge on any atom is 0.274 e. The fourth-order valence-corrected chi connectivity index (χ4v) is 2.71. The van der Waals surface area contributed by atoms with E-state index >= 15 is 0 Å². The highest BCUT2D eigenvalue weighted by Gasteiger charge is 2.25. The first-order valence-corrected chi connectivity index (χ1v) is 7.97. The zero-order valence-electron chi connectivity index (χ0n) is 13.8. The quantitative estimate of drug-likeness (QED) is 0.845. The minimum atomic E-state index is -0.232. The van der Waals surface area contributed by atoms with Crippen LogP contribution in [-0.4, -0.2) is 44.8 Å². The van der Waals surface area contributed by atoms with Crippen molar-refractivity contribution in [3.8, 4) is 5.88 Å². The second kappa shape index (κ2) is 6.82. The van der Waals surface area contributed by atoms with Crippen molar-refractivity contribution < 1.29 is 9.53 Å². The van der Waals surface area contributed by atoms with Crippen LogP contribution in [0.4, 0.5) is 0 Å². The molecule has 0 unspecified atom stereocenters. The van der Waals surface area contributed by atoms with Gasteiger partial charge in [0.15, 0.2) is 0 Å². The van der Waals surface area contributed by atoms with Crippen LogP contribution in [-0.2, 0) is 7.05 Å². The van der Waals surface area contributed by atoms with Crippen molar-refractivity contribution in [2.75, 3.05) is 13.1 Å². The Kier molecular flexibility index (Phi) is 4.59. The Labute approximate surface area is 139 Å².